The predicted octanol–water partition coefficient (Wildman–Crippen LogP) is 2.64. The number of benzene rings is 1. The molecule has 1 atom stereocenters. The van der Waals surface area contributed by atoms with Gasteiger partial charge in [-0.3, -0.25) is 9.69 Å². The summed E-state index contributed by atoms with van der Waals surface area (Å²) in [6.45, 7) is 3.41. The van der Waals surface area contributed by atoms with Crippen molar-refractivity contribution in [2.24, 2.45) is 0 Å². The highest BCUT2D eigenvalue weighted by molar-refractivity contribution is 6.30. The van der Waals surface area contributed by atoms with Gasteiger partial charge in [0, 0.05) is 31.0 Å². The zero-order valence-corrected chi connectivity index (χ0v) is 12.4. The van der Waals surface area contributed by atoms with Crippen molar-refractivity contribution in [2.75, 3.05) is 32.6 Å². The van der Waals surface area contributed by atoms with Gasteiger partial charge >= 0.3 is 0 Å². The van der Waals surface area contributed by atoms with Crippen LogP contribution in [-0.2, 0) is 9.53 Å². The predicted molar refractivity (Wildman–Crippen MR) is 78.7 cm³/mol. The van der Waals surface area contributed by atoms with Crippen LogP contribution in [0.4, 0.5) is 5.69 Å². The molecule has 5 heteroatoms. The maximum Gasteiger partial charge on any atom is 0.241 e. The van der Waals surface area contributed by atoms with Gasteiger partial charge < -0.3 is 10.1 Å². The van der Waals surface area contributed by atoms with Gasteiger partial charge in [-0.05, 0) is 44.7 Å². The van der Waals surface area contributed by atoms with Gasteiger partial charge in [0.05, 0.1) is 6.04 Å². The van der Waals surface area contributed by atoms with Crippen LogP contribution in [-0.4, -0.2) is 44.2 Å². The molecule has 1 N–H and O–H groups in total. The number of anilines is 1. The highest BCUT2D eigenvalue weighted by Gasteiger charge is 2.17. The number of amides is 1. The summed E-state index contributed by atoms with van der Waals surface area (Å²) in [6.07, 6.45) is 0.908. The van der Waals surface area contributed by atoms with Crippen molar-refractivity contribution >= 4 is 23.2 Å². The number of halogens is 1. The number of methoxy groups -OCH3 is 1. The molecule has 1 amide bonds. The first-order valence-corrected chi connectivity index (χ1v) is 6.68. The Morgan fingerprint density at radius 3 is 2.63 bits per heavy atom. The van der Waals surface area contributed by atoms with E-state index in [0.717, 1.165) is 18.7 Å². The summed E-state index contributed by atoms with van der Waals surface area (Å²) < 4.78 is 5.00. The Morgan fingerprint density at radius 2 is 2.05 bits per heavy atom. The topological polar surface area (TPSA) is 41.6 Å². The van der Waals surface area contributed by atoms with Crippen molar-refractivity contribution in [1.29, 1.82) is 0 Å². The average molecular weight is 285 g/mol. The lowest BCUT2D eigenvalue weighted by Crippen LogP contribution is -2.40. The highest BCUT2D eigenvalue weighted by atomic mass is 35.5. The zero-order chi connectivity index (χ0) is 14.3. The molecule has 19 heavy (non-hydrogen) atoms. The molecule has 0 fully saturated rings. The van der Waals surface area contributed by atoms with Crippen LogP contribution < -0.4 is 5.32 Å². The molecule has 1 aromatic carbocycles. The largest absolute Gasteiger partial charge is 0.385 e. The van der Waals surface area contributed by atoms with E-state index >= 15 is 0 Å². The number of rotatable bonds is 7. The summed E-state index contributed by atoms with van der Waals surface area (Å²) >= 11 is 5.80. The third-order valence-corrected chi connectivity index (χ3v) is 3.26. The fraction of sp³-hybridized carbons (Fsp3) is 0.500. The fourth-order valence-corrected chi connectivity index (χ4v) is 1.76. The molecule has 0 aliphatic carbocycles. The monoisotopic (exact) mass is 284 g/mol. The summed E-state index contributed by atoms with van der Waals surface area (Å²) in [5.41, 5.74) is 0.756. The van der Waals surface area contributed by atoms with Gasteiger partial charge in [-0.15, -0.1) is 0 Å². The first kappa shape index (κ1) is 16.0. The van der Waals surface area contributed by atoms with Crippen LogP contribution in [0.2, 0.25) is 5.02 Å². The van der Waals surface area contributed by atoms with E-state index in [1.54, 1.807) is 31.4 Å². The van der Waals surface area contributed by atoms with E-state index in [-0.39, 0.29) is 11.9 Å². The van der Waals surface area contributed by atoms with Gasteiger partial charge in [-0.25, -0.2) is 0 Å². The van der Waals surface area contributed by atoms with E-state index in [2.05, 4.69) is 5.32 Å². The Kier molecular flexibility index (Phi) is 6.84. The number of likely N-dealkylation sites (N-methyl/N-ethyl adjacent to an activating group) is 1. The lowest BCUT2D eigenvalue weighted by Gasteiger charge is -2.23. The quantitative estimate of drug-likeness (QED) is 0.783. The smallest absolute Gasteiger partial charge is 0.241 e. The van der Waals surface area contributed by atoms with Gasteiger partial charge in [0.1, 0.15) is 0 Å². The SMILES string of the molecule is COCCCN(C)C(C)C(=O)Nc1ccc(Cl)cc1. The molecule has 0 aromatic heterocycles. The van der Waals surface area contributed by atoms with Gasteiger partial charge in [-0.2, -0.15) is 0 Å². The summed E-state index contributed by atoms with van der Waals surface area (Å²) in [4.78, 5) is 14.1. The second kappa shape index (κ2) is 8.15. The number of carbonyl (C=O) groups excluding carboxylic acids is 1. The normalized spacial score (nSPS) is 12.5. The fourth-order valence-electron chi connectivity index (χ4n) is 1.63. The van der Waals surface area contributed by atoms with E-state index in [9.17, 15) is 4.79 Å². The molecule has 0 radical (unpaired) electrons. The van der Waals surface area contributed by atoms with Gasteiger partial charge in [0.15, 0.2) is 0 Å². The molecular weight excluding hydrogens is 264 g/mol. The number of hydrogen-bond acceptors (Lipinski definition) is 3. The van der Waals surface area contributed by atoms with Crippen molar-refractivity contribution in [3.63, 3.8) is 0 Å². The van der Waals surface area contributed by atoms with Gasteiger partial charge in [0.25, 0.3) is 0 Å². The lowest BCUT2D eigenvalue weighted by atomic mass is 10.2. The lowest BCUT2D eigenvalue weighted by molar-refractivity contribution is -0.120. The van der Waals surface area contributed by atoms with Crippen LogP contribution in [0.5, 0.6) is 0 Å². The minimum Gasteiger partial charge on any atom is -0.385 e. The molecule has 0 spiro atoms. The number of hydrogen-bond donors (Lipinski definition) is 1. The van der Waals surface area contributed by atoms with Gasteiger partial charge in [0.2, 0.25) is 5.91 Å². The van der Waals surface area contributed by atoms with Crippen LogP contribution in [0.3, 0.4) is 0 Å². The Morgan fingerprint density at radius 1 is 1.42 bits per heavy atom. The van der Waals surface area contributed by atoms with E-state index in [0.29, 0.717) is 11.6 Å². The molecule has 106 valence electrons. The molecule has 0 saturated heterocycles. The van der Waals surface area contributed by atoms with Crippen LogP contribution in [0, 0.1) is 0 Å². The molecule has 0 saturated carbocycles. The molecule has 1 aromatic rings. The van der Waals surface area contributed by atoms with Crippen molar-refractivity contribution < 1.29 is 9.53 Å². The summed E-state index contributed by atoms with van der Waals surface area (Å²) in [6, 6.07) is 6.90. The number of carbonyl (C=O) groups is 1. The van der Waals surface area contributed by atoms with E-state index in [4.69, 9.17) is 16.3 Å². The van der Waals surface area contributed by atoms with Gasteiger partial charge in [-0.1, -0.05) is 11.6 Å². The number of nitrogens with one attached hydrogen (secondary N) is 1. The summed E-state index contributed by atoms with van der Waals surface area (Å²) in [5.74, 6) is -0.0257. The Labute approximate surface area is 119 Å². The minimum absolute atomic E-state index is 0.0257. The standard InChI is InChI=1S/C14H21ClN2O2/c1-11(17(2)9-4-10-19-3)14(18)16-13-7-5-12(15)6-8-13/h5-8,11H,4,9-10H2,1-3H3,(H,16,18). The molecule has 0 aliphatic heterocycles. The molecule has 0 bridgehead atoms. The summed E-state index contributed by atoms with van der Waals surface area (Å²) in [5, 5.41) is 3.53. The molecule has 0 aliphatic rings. The molecule has 1 unspecified atom stereocenters. The van der Waals surface area contributed by atoms with Crippen molar-refractivity contribution in [2.45, 2.75) is 19.4 Å². The van der Waals surface area contributed by atoms with E-state index in [1.807, 2.05) is 18.9 Å². The van der Waals surface area contributed by atoms with Crippen molar-refractivity contribution in [1.82, 2.24) is 4.90 Å². The maximum absolute atomic E-state index is 12.1. The van der Waals surface area contributed by atoms with Crippen molar-refractivity contribution in [3.8, 4) is 0 Å². The van der Waals surface area contributed by atoms with Crippen LogP contribution in [0.25, 0.3) is 0 Å². The van der Waals surface area contributed by atoms with E-state index < -0.39 is 0 Å². The Bertz CT molecular complexity index is 395. The second-order valence-electron chi connectivity index (χ2n) is 4.50. The van der Waals surface area contributed by atoms with Crippen LogP contribution >= 0.6 is 11.6 Å². The van der Waals surface area contributed by atoms with Crippen molar-refractivity contribution in [3.05, 3.63) is 29.3 Å². The van der Waals surface area contributed by atoms with Crippen LogP contribution in [0.1, 0.15) is 13.3 Å². The first-order chi connectivity index (χ1) is 9.04. The maximum atomic E-state index is 12.1. The first-order valence-electron chi connectivity index (χ1n) is 6.30. The molecule has 1 rings (SSSR count). The van der Waals surface area contributed by atoms with E-state index in [1.165, 1.54) is 0 Å². The molecular formula is C14H21ClN2O2. The summed E-state index contributed by atoms with van der Waals surface area (Å²) in [7, 11) is 3.61. The number of ether oxygens (including phenoxy) is 1. The minimum atomic E-state index is -0.187. The third-order valence-electron chi connectivity index (χ3n) is 3.01. The number of nitrogens with zero attached hydrogens (tertiary/aromatic N) is 1. The van der Waals surface area contributed by atoms with Crippen LogP contribution in [0.15, 0.2) is 24.3 Å². The average Bonchev–Trinajstić information content (AvgIpc) is 2.40. The highest BCUT2D eigenvalue weighted by Crippen LogP contribution is 2.14. The Balaban J connectivity index is 2.45. The zero-order valence-electron chi connectivity index (χ0n) is 11.6. The molecule has 0 heterocycles. The Hall–Kier alpha value is -1.10. The second-order valence-corrected chi connectivity index (χ2v) is 4.94. The third kappa shape index (κ3) is 5.59. The molecule has 4 nitrogen and oxygen atoms in total.